The molecule has 0 radical (unpaired) electrons. The Morgan fingerprint density at radius 1 is 1.26 bits per heavy atom. The lowest BCUT2D eigenvalue weighted by Gasteiger charge is -2.31. The fraction of sp³-hybridized carbons (Fsp3) is 0.667. The fourth-order valence-electron chi connectivity index (χ4n) is 2.90. The van der Waals surface area contributed by atoms with Crippen LogP contribution in [-0.2, 0) is 0 Å². The second kappa shape index (κ2) is 5.16. The van der Waals surface area contributed by atoms with Gasteiger partial charge in [-0.3, -0.25) is 0 Å². The molecule has 1 saturated heterocycles. The zero-order valence-corrected chi connectivity index (χ0v) is 11.5. The highest BCUT2D eigenvalue weighted by molar-refractivity contribution is 5.35. The lowest BCUT2D eigenvalue weighted by molar-refractivity contribution is 0.409. The third-order valence-corrected chi connectivity index (χ3v) is 4.27. The Kier molecular flexibility index (Phi) is 3.37. The van der Waals surface area contributed by atoms with Crippen LogP contribution in [0.3, 0.4) is 0 Å². The van der Waals surface area contributed by atoms with E-state index in [4.69, 9.17) is 10.2 Å². The van der Waals surface area contributed by atoms with Crippen molar-refractivity contribution in [2.24, 2.45) is 5.92 Å². The second-order valence-electron chi connectivity index (χ2n) is 5.78. The maximum atomic E-state index is 9.08. The van der Waals surface area contributed by atoms with Gasteiger partial charge >= 0.3 is 0 Å². The molecule has 2 heterocycles. The first kappa shape index (κ1) is 12.4. The van der Waals surface area contributed by atoms with Crippen molar-refractivity contribution in [1.82, 2.24) is 9.97 Å². The summed E-state index contributed by atoms with van der Waals surface area (Å²) in [5.41, 5.74) is 2.25. The minimum Gasteiger partial charge on any atom is -0.339 e. The number of aromatic nitrogens is 2. The van der Waals surface area contributed by atoms with Crippen LogP contribution in [0.25, 0.3) is 0 Å². The molecule has 1 aliphatic heterocycles. The summed E-state index contributed by atoms with van der Waals surface area (Å²) in [6, 6.07) is 4.50. The Morgan fingerprint density at radius 3 is 2.79 bits per heavy atom. The van der Waals surface area contributed by atoms with Crippen molar-refractivity contribution in [3.8, 4) is 6.07 Å². The van der Waals surface area contributed by atoms with Crippen molar-refractivity contribution in [1.29, 1.82) is 5.26 Å². The van der Waals surface area contributed by atoms with Gasteiger partial charge in [0.25, 0.3) is 0 Å². The smallest absolute Gasteiger partial charge is 0.225 e. The number of anilines is 1. The van der Waals surface area contributed by atoms with Gasteiger partial charge in [0.05, 0.1) is 12.0 Å². The summed E-state index contributed by atoms with van der Waals surface area (Å²) in [5, 5.41) is 9.08. The molecule has 19 heavy (non-hydrogen) atoms. The molecule has 0 spiro atoms. The maximum absolute atomic E-state index is 9.08. The number of piperidine rings is 1. The SMILES string of the molecule is Cc1cc(C2CCC2)nc(N2CCC[C@@H](C#N)C2)n1. The van der Waals surface area contributed by atoms with E-state index in [2.05, 4.69) is 22.0 Å². The number of hydrogen-bond donors (Lipinski definition) is 0. The van der Waals surface area contributed by atoms with Crippen molar-refractivity contribution in [2.45, 2.75) is 44.9 Å². The van der Waals surface area contributed by atoms with E-state index in [0.29, 0.717) is 5.92 Å². The molecular weight excluding hydrogens is 236 g/mol. The number of nitriles is 1. The van der Waals surface area contributed by atoms with Crippen LogP contribution in [0.15, 0.2) is 6.07 Å². The lowest BCUT2D eigenvalue weighted by Crippen LogP contribution is -2.36. The highest BCUT2D eigenvalue weighted by Crippen LogP contribution is 2.36. The first-order valence-electron chi connectivity index (χ1n) is 7.26. The summed E-state index contributed by atoms with van der Waals surface area (Å²) in [5.74, 6) is 1.60. The van der Waals surface area contributed by atoms with E-state index in [1.165, 1.54) is 25.0 Å². The van der Waals surface area contributed by atoms with Crippen LogP contribution < -0.4 is 4.90 Å². The summed E-state index contributed by atoms with van der Waals surface area (Å²) in [6.45, 7) is 3.80. The van der Waals surface area contributed by atoms with Crippen LogP contribution in [0, 0.1) is 24.2 Å². The Hall–Kier alpha value is -1.63. The van der Waals surface area contributed by atoms with Crippen molar-refractivity contribution < 1.29 is 0 Å². The number of aryl methyl sites for hydroxylation is 1. The molecule has 0 aromatic carbocycles. The summed E-state index contributed by atoms with van der Waals surface area (Å²) >= 11 is 0. The third-order valence-electron chi connectivity index (χ3n) is 4.27. The Morgan fingerprint density at radius 2 is 2.11 bits per heavy atom. The average Bonchev–Trinajstić information content (AvgIpc) is 2.36. The molecule has 0 unspecified atom stereocenters. The van der Waals surface area contributed by atoms with Crippen molar-refractivity contribution in [3.63, 3.8) is 0 Å². The highest BCUT2D eigenvalue weighted by Gasteiger charge is 2.25. The third kappa shape index (κ3) is 2.56. The van der Waals surface area contributed by atoms with Gasteiger partial charge in [0.1, 0.15) is 0 Å². The van der Waals surface area contributed by atoms with Gasteiger partial charge in [-0.15, -0.1) is 0 Å². The van der Waals surface area contributed by atoms with Gasteiger partial charge in [-0.05, 0) is 38.7 Å². The van der Waals surface area contributed by atoms with E-state index >= 15 is 0 Å². The van der Waals surface area contributed by atoms with Crippen LogP contribution in [0.5, 0.6) is 0 Å². The Balaban J connectivity index is 1.83. The quantitative estimate of drug-likeness (QED) is 0.816. The molecule has 1 aromatic rings. The normalized spacial score (nSPS) is 23.8. The molecule has 4 heteroatoms. The minimum atomic E-state index is 0.130. The average molecular weight is 256 g/mol. The second-order valence-corrected chi connectivity index (χ2v) is 5.78. The van der Waals surface area contributed by atoms with Crippen molar-refractivity contribution in [3.05, 3.63) is 17.5 Å². The lowest BCUT2D eigenvalue weighted by atomic mass is 9.82. The molecule has 0 bridgehead atoms. The molecule has 1 atom stereocenters. The van der Waals surface area contributed by atoms with Crippen LogP contribution in [0.4, 0.5) is 5.95 Å². The van der Waals surface area contributed by atoms with Gasteiger partial charge in [-0.2, -0.15) is 5.26 Å². The van der Waals surface area contributed by atoms with E-state index in [-0.39, 0.29) is 5.92 Å². The molecule has 1 aromatic heterocycles. The molecule has 100 valence electrons. The molecule has 0 amide bonds. The molecule has 2 fully saturated rings. The predicted molar refractivity (Wildman–Crippen MR) is 73.9 cm³/mol. The highest BCUT2D eigenvalue weighted by atomic mass is 15.3. The monoisotopic (exact) mass is 256 g/mol. The minimum absolute atomic E-state index is 0.130. The molecule has 0 N–H and O–H groups in total. The molecule has 1 aliphatic carbocycles. The van der Waals surface area contributed by atoms with Gasteiger partial charge in [-0.25, -0.2) is 9.97 Å². The molecule has 2 aliphatic rings. The Labute approximate surface area is 114 Å². The summed E-state index contributed by atoms with van der Waals surface area (Å²) in [6.07, 6.45) is 5.92. The van der Waals surface area contributed by atoms with E-state index < -0.39 is 0 Å². The standard InChI is InChI=1S/C15H20N4/c1-11-8-14(13-5-2-6-13)18-15(17-11)19-7-3-4-12(9-16)10-19/h8,12-13H,2-7,10H2,1H3/t12-/m0/s1. The van der Waals surface area contributed by atoms with E-state index in [1.807, 2.05) is 6.92 Å². The zero-order valence-electron chi connectivity index (χ0n) is 11.5. The van der Waals surface area contributed by atoms with E-state index in [1.54, 1.807) is 0 Å². The largest absolute Gasteiger partial charge is 0.339 e. The summed E-state index contributed by atoms with van der Waals surface area (Å²) < 4.78 is 0. The van der Waals surface area contributed by atoms with Crippen LogP contribution >= 0.6 is 0 Å². The Bertz CT molecular complexity index is 501. The van der Waals surface area contributed by atoms with E-state index in [0.717, 1.165) is 37.6 Å². The van der Waals surface area contributed by atoms with Crippen LogP contribution in [-0.4, -0.2) is 23.1 Å². The predicted octanol–water partition coefficient (Wildman–Crippen LogP) is 2.79. The van der Waals surface area contributed by atoms with E-state index in [9.17, 15) is 0 Å². The van der Waals surface area contributed by atoms with Gasteiger partial charge in [0.2, 0.25) is 5.95 Å². The first-order valence-corrected chi connectivity index (χ1v) is 7.26. The molecular formula is C15H20N4. The number of rotatable bonds is 2. The maximum Gasteiger partial charge on any atom is 0.225 e. The zero-order chi connectivity index (χ0) is 13.2. The van der Waals surface area contributed by atoms with Gasteiger partial charge in [0.15, 0.2) is 0 Å². The summed E-state index contributed by atoms with van der Waals surface area (Å²) in [4.78, 5) is 11.5. The summed E-state index contributed by atoms with van der Waals surface area (Å²) in [7, 11) is 0. The van der Waals surface area contributed by atoms with Gasteiger partial charge in [-0.1, -0.05) is 6.42 Å². The molecule has 1 saturated carbocycles. The fourth-order valence-corrected chi connectivity index (χ4v) is 2.90. The topological polar surface area (TPSA) is 52.8 Å². The number of hydrogen-bond acceptors (Lipinski definition) is 4. The van der Waals surface area contributed by atoms with Crippen LogP contribution in [0.1, 0.15) is 49.4 Å². The van der Waals surface area contributed by atoms with Gasteiger partial charge < -0.3 is 4.90 Å². The van der Waals surface area contributed by atoms with Crippen molar-refractivity contribution in [2.75, 3.05) is 18.0 Å². The molecule has 3 rings (SSSR count). The van der Waals surface area contributed by atoms with Crippen LogP contribution in [0.2, 0.25) is 0 Å². The molecule has 4 nitrogen and oxygen atoms in total. The van der Waals surface area contributed by atoms with Crippen molar-refractivity contribution >= 4 is 5.95 Å². The van der Waals surface area contributed by atoms with Gasteiger partial charge in [0, 0.05) is 30.4 Å². The first-order chi connectivity index (χ1) is 9.26. The number of nitrogens with zero attached hydrogens (tertiary/aromatic N) is 4.